The van der Waals surface area contributed by atoms with E-state index in [1.54, 1.807) is 12.5 Å². The van der Waals surface area contributed by atoms with E-state index in [1.165, 1.54) is 0 Å². The third-order valence-corrected chi connectivity index (χ3v) is 3.57. The fourth-order valence-electron chi connectivity index (χ4n) is 2.37. The van der Waals surface area contributed by atoms with E-state index in [0.29, 0.717) is 12.1 Å². The monoisotopic (exact) mass is 291 g/mol. The van der Waals surface area contributed by atoms with Crippen LogP contribution in [0.3, 0.4) is 0 Å². The van der Waals surface area contributed by atoms with Gasteiger partial charge in [-0.3, -0.25) is 4.79 Å². The number of aromatic nitrogens is 2. The van der Waals surface area contributed by atoms with Gasteiger partial charge in [-0.15, -0.1) is 0 Å². The number of carbonyl (C=O) groups is 1. The summed E-state index contributed by atoms with van der Waals surface area (Å²) in [7, 11) is 0. The lowest BCUT2D eigenvalue weighted by Gasteiger charge is -2.12. The van der Waals surface area contributed by atoms with Crippen LogP contribution in [0.4, 0.5) is 5.69 Å². The van der Waals surface area contributed by atoms with E-state index in [-0.39, 0.29) is 5.91 Å². The number of aryl methyl sites for hydroxylation is 1. The molecule has 2 aromatic carbocycles. The Morgan fingerprint density at radius 3 is 2.68 bits per heavy atom. The number of hydrogen-bond donors (Lipinski definition) is 1. The van der Waals surface area contributed by atoms with Crippen molar-refractivity contribution in [2.75, 3.05) is 5.32 Å². The van der Waals surface area contributed by atoms with Crippen molar-refractivity contribution in [2.45, 2.75) is 13.5 Å². The maximum Gasteiger partial charge on any atom is 0.255 e. The lowest BCUT2D eigenvalue weighted by molar-refractivity contribution is 0.102. The van der Waals surface area contributed by atoms with Gasteiger partial charge in [-0.1, -0.05) is 36.4 Å². The molecule has 0 bridgehead atoms. The van der Waals surface area contributed by atoms with Gasteiger partial charge in [-0.2, -0.15) is 0 Å². The minimum Gasteiger partial charge on any atom is -0.333 e. The van der Waals surface area contributed by atoms with Gasteiger partial charge in [-0.05, 0) is 30.2 Å². The van der Waals surface area contributed by atoms with Gasteiger partial charge in [0.05, 0.1) is 12.9 Å². The minimum absolute atomic E-state index is 0.0869. The summed E-state index contributed by atoms with van der Waals surface area (Å²) in [6.07, 6.45) is 5.41. The van der Waals surface area contributed by atoms with Gasteiger partial charge in [0.25, 0.3) is 5.91 Å². The summed E-state index contributed by atoms with van der Waals surface area (Å²) in [6.45, 7) is 2.61. The molecule has 0 aliphatic heterocycles. The Morgan fingerprint density at radius 2 is 1.91 bits per heavy atom. The molecule has 0 saturated heterocycles. The van der Waals surface area contributed by atoms with Crippen molar-refractivity contribution < 1.29 is 4.79 Å². The molecule has 0 spiro atoms. The van der Waals surface area contributed by atoms with Gasteiger partial charge >= 0.3 is 0 Å². The Labute approximate surface area is 129 Å². The Morgan fingerprint density at radius 1 is 1.14 bits per heavy atom. The molecule has 0 saturated carbocycles. The van der Waals surface area contributed by atoms with Crippen molar-refractivity contribution in [1.29, 1.82) is 0 Å². The highest BCUT2D eigenvalue weighted by atomic mass is 16.1. The van der Waals surface area contributed by atoms with Crippen LogP contribution in [-0.4, -0.2) is 15.5 Å². The molecule has 4 nitrogen and oxygen atoms in total. The lowest BCUT2D eigenvalue weighted by Crippen LogP contribution is -2.15. The first-order valence-electron chi connectivity index (χ1n) is 7.14. The number of rotatable bonds is 4. The molecule has 3 aromatic rings. The normalized spacial score (nSPS) is 10.4. The molecule has 0 unspecified atom stereocenters. The van der Waals surface area contributed by atoms with Crippen molar-refractivity contribution in [1.82, 2.24) is 9.55 Å². The van der Waals surface area contributed by atoms with Crippen LogP contribution < -0.4 is 5.32 Å². The first-order chi connectivity index (χ1) is 10.7. The van der Waals surface area contributed by atoms with Crippen molar-refractivity contribution in [2.24, 2.45) is 0 Å². The van der Waals surface area contributed by atoms with Crippen molar-refractivity contribution in [3.63, 3.8) is 0 Å². The maximum absolute atomic E-state index is 12.5. The molecule has 3 rings (SSSR count). The summed E-state index contributed by atoms with van der Waals surface area (Å²) in [4.78, 5) is 16.5. The molecule has 1 amide bonds. The Hall–Kier alpha value is -2.88. The first-order valence-corrected chi connectivity index (χ1v) is 7.14. The van der Waals surface area contributed by atoms with Gasteiger partial charge in [0.15, 0.2) is 0 Å². The predicted molar refractivity (Wildman–Crippen MR) is 86.9 cm³/mol. The molecule has 0 atom stereocenters. The van der Waals surface area contributed by atoms with E-state index < -0.39 is 0 Å². The number of amides is 1. The summed E-state index contributed by atoms with van der Waals surface area (Å²) in [5.74, 6) is -0.0869. The molecule has 0 aliphatic rings. The zero-order valence-corrected chi connectivity index (χ0v) is 12.4. The minimum atomic E-state index is -0.0869. The standard InChI is InChI=1S/C18H17N3O/c1-14-6-2-4-8-16(14)18(22)20-17-9-5-3-7-15(17)12-21-11-10-19-13-21/h2-11,13H,12H2,1H3,(H,20,22). The zero-order valence-electron chi connectivity index (χ0n) is 12.4. The van der Waals surface area contributed by atoms with Gasteiger partial charge < -0.3 is 9.88 Å². The summed E-state index contributed by atoms with van der Waals surface area (Å²) >= 11 is 0. The smallest absolute Gasteiger partial charge is 0.255 e. The maximum atomic E-state index is 12.5. The van der Waals surface area contributed by atoms with Gasteiger partial charge in [0.2, 0.25) is 0 Å². The van der Waals surface area contributed by atoms with Crippen LogP contribution in [0, 0.1) is 6.92 Å². The molecule has 110 valence electrons. The second-order valence-electron chi connectivity index (χ2n) is 5.16. The number of nitrogens with zero attached hydrogens (tertiary/aromatic N) is 2. The van der Waals surface area contributed by atoms with Crippen molar-refractivity contribution >= 4 is 11.6 Å². The van der Waals surface area contributed by atoms with E-state index in [4.69, 9.17) is 0 Å². The summed E-state index contributed by atoms with van der Waals surface area (Å²) < 4.78 is 1.97. The zero-order chi connectivity index (χ0) is 15.4. The van der Waals surface area contributed by atoms with Crippen LogP contribution in [0.15, 0.2) is 67.3 Å². The number of hydrogen-bond acceptors (Lipinski definition) is 2. The topological polar surface area (TPSA) is 46.9 Å². The van der Waals surface area contributed by atoms with Crippen molar-refractivity contribution in [3.05, 3.63) is 83.9 Å². The number of para-hydroxylation sites is 1. The SMILES string of the molecule is Cc1ccccc1C(=O)Nc1ccccc1Cn1ccnc1. The fraction of sp³-hybridized carbons (Fsp3) is 0.111. The van der Waals surface area contributed by atoms with E-state index in [1.807, 2.05) is 66.2 Å². The number of nitrogens with one attached hydrogen (secondary N) is 1. The van der Waals surface area contributed by atoms with E-state index in [2.05, 4.69) is 10.3 Å². The van der Waals surface area contributed by atoms with Gasteiger partial charge in [-0.25, -0.2) is 4.98 Å². The first kappa shape index (κ1) is 14.1. The second kappa shape index (κ2) is 6.26. The predicted octanol–water partition coefficient (Wildman–Crippen LogP) is 3.49. The Kier molecular flexibility index (Phi) is 4.01. The molecule has 0 aliphatic carbocycles. The largest absolute Gasteiger partial charge is 0.333 e. The average molecular weight is 291 g/mol. The number of benzene rings is 2. The second-order valence-corrected chi connectivity index (χ2v) is 5.16. The van der Waals surface area contributed by atoms with Gasteiger partial charge in [0.1, 0.15) is 0 Å². The number of anilines is 1. The van der Waals surface area contributed by atoms with Crippen LogP contribution in [0.25, 0.3) is 0 Å². The molecular formula is C18H17N3O. The Bertz CT molecular complexity index is 779. The molecule has 0 radical (unpaired) electrons. The summed E-state index contributed by atoms with van der Waals surface area (Å²) in [5, 5.41) is 3.01. The molecule has 0 fully saturated rings. The highest BCUT2D eigenvalue weighted by Gasteiger charge is 2.10. The van der Waals surface area contributed by atoms with Crippen LogP contribution in [0.1, 0.15) is 21.5 Å². The van der Waals surface area contributed by atoms with Crippen molar-refractivity contribution in [3.8, 4) is 0 Å². The molecule has 22 heavy (non-hydrogen) atoms. The van der Waals surface area contributed by atoms with E-state index >= 15 is 0 Å². The quantitative estimate of drug-likeness (QED) is 0.800. The third-order valence-electron chi connectivity index (χ3n) is 3.57. The average Bonchev–Trinajstić information content (AvgIpc) is 3.02. The molecule has 1 aromatic heterocycles. The summed E-state index contributed by atoms with van der Waals surface area (Å²) in [5.41, 5.74) is 3.53. The Balaban J connectivity index is 1.83. The van der Waals surface area contributed by atoms with E-state index in [9.17, 15) is 4.79 Å². The van der Waals surface area contributed by atoms with E-state index in [0.717, 1.165) is 16.8 Å². The third kappa shape index (κ3) is 3.06. The van der Waals surface area contributed by atoms with Crippen LogP contribution in [0.5, 0.6) is 0 Å². The summed E-state index contributed by atoms with van der Waals surface area (Å²) in [6, 6.07) is 15.4. The number of imidazole rings is 1. The highest BCUT2D eigenvalue weighted by Crippen LogP contribution is 2.18. The van der Waals surface area contributed by atoms with Crippen LogP contribution in [0.2, 0.25) is 0 Å². The molecule has 4 heteroatoms. The molecule has 1 heterocycles. The van der Waals surface area contributed by atoms with Crippen LogP contribution in [-0.2, 0) is 6.54 Å². The molecule has 1 N–H and O–H groups in total. The lowest BCUT2D eigenvalue weighted by atomic mass is 10.1. The molecular weight excluding hydrogens is 274 g/mol. The highest BCUT2D eigenvalue weighted by molar-refractivity contribution is 6.05. The van der Waals surface area contributed by atoms with Gasteiger partial charge in [0, 0.05) is 23.6 Å². The fourth-order valence-corrected chi connectivity index (χ4v) is 2.37. The number of carbonyl (C=O) groups excluding carboxylic acids is 1. The van der Waals surface area contributed by atoms with Crippen LogP contribution >= 0.6 is 0 Å².